The van der Waals surface area contributed by atoms with Gasteiger partial charge in [0.05, 0.1) is 24.3 Å². The molecule has 1 N–H and O–H groups in total. The Kier molecular flexibility index (Phi) is 7.25. The Hall–Kier alpha value is -3.68. The molecule has 0 radical (unpaired) electrons. The number of rotatable bonds is 7. The summed E-state index contributed by atoms with van der Waals surface area (Å²) in [4.78, 5) is 54.3. The molecule has 2 aliphatic rings. The Balaban J connectivity index is 1.50. The topological polar surface area (TPSA) is 96.0 Å². The number of carbonyl (C=O) groups is 4. The van der Waals surface area contributed by atoms with Crippen LogP contribution in [0.1, 0.15) is 55.8 Å². The minimum absolute atomic E-state index is 0.0550. The first-order valence-electron chi connectivity index (χ1n) is 11.8. The minimum Gasteiger partial charge on any atom is -0.462 e. The highest BCUT2D eigenvalue weighted by molar-refractivity contribution is 6.22. The summed E-state index contributed by atoms with van der Waals surface area (Å²) in [7, 11) is 0. The van der Waals surface area contributed by atoms with Gasteiger partial charge in [-0.1, -0.05) is 37.5 Å². The largest absolute Gasteiger partial charge is 0.462 e. The Morgan fingerprint density at radius 3 is 2.29 bits per heavy atom. The fraction of sp³-hybridized carbons (Fsp3) is 0.385. The number of amides is 4. The van der Waals surface area contributed by atoms with Crippen LogP contribution >= 0.6 is 0 Å². The maximum Gasteiger partial charge on any atom is 0.338 e. The fourth-order valence-corrected chi connectivity index (χ4v) is 4.67. The molecule has 1 saturated heterocycles. The highest BCUT2D eigenvalue weighted by Crippen LogP contribution is 2.33. The summed E-state index contributed by atoms with van der Waals surface area (Å²) in [6.45, 7) is 2.01. The number of nitrogens with one attached hydrogen (secondary N) is 1. The molecule has 2 fully saturated rings. The highest BCUT2D eigenvalue weighted by atomic mass is 16.5. The number of para-hydroxylation sites is 1. The van der Waals surface area contributed by atoms with Crippen LogP contribution in [0.5, 0.6) is 0 Å². The van der Waals surface area contributed by atoms with Crippen LogP contribution in [0.4, 0.5) is 16.2 Å². The zero-order valence-electron chi connectivity index (χ0n) is 19.2. The maximum atomic E-state index is 13.4. The van der Waals surface area contributed by atoms with Gasteiger partial charge < -0.3 is 15.0 Å². The molecule has 1 atom stereocenters. The number of esters is 1. The molecular weight excluding hydrogens is 434 g/mol. The second-order valence-corrected chi connectivity index (χ2v) is 8.56. The molecular formula is C26H29N3O5. The van der Waals surface area contributed by atoms with Gasteiger partial charge in [0.25, 0.3) is 5.91 Å². The third-order valence-electron chi connectivity index (χ3n) is 6.29. The molecule has 0 spiro atoms. The van der Waals surface area contributed by atoms with Crippen LogP contribution in [0, 0.1) is 0 Å². The Morgan fingerprint density at radius 1 is 0.971 bits per heavy atom. The number of hydrogen-bond acceptors (Lipinski definition) is 5. The zero-order chi connectivity index (χ0) is 24.1. The van der Waals surface area contributed by atoms with Gasteiger partial charge in [-0.15, -0.1) is 0 Å². The molecule has 1 aliphatic heterocycles. The average Bonchev–Trinajstić information content (AvgIpc) is 3.09. The molecule has 4 amide bonds. The van der Waals surface area contributed by atoms with E-state index in [1.807, 2.05) is 6.07 Å². The van der Waals surface area contributed by atoms with Gasteiger partial charge in [-0.2, -0.15) is 0 Å². The molecule has 8 nitrogen and oxygen atoms in total. The van der Waals surface area contributed by atoms with Crippen molar-refractivity contribution >= 4 is 35.2 Å². The van der Waals surface area contributed by atoms with Crippen molar-refractivity contribution < 1.29 is 23.9 Å². The lowest BCUT2D eigenvalue weighted by Crippen LogP contribution is -2.45. The summed E-state index contributed by atoms with van der Waals surface area (Å²) in [5.74, 6) is -1.18. The van der Waals surface area contributed by atoms with E-state index >= 15 is 0 Å². The van der Waals surface area contributed by atoms with Gasteiger partial charge >= 0.3 is 12.0 Å². The molecule has 8 heteroatoms. The van der Waals surface area contributed by atoms with E-state index in [0.717, 1.165) is 32.1 Å². The predicted molar refractivity (Wildman–Crippen MR) is 127 cm³/mol. The fourth-order valence-electron chi connectivity index (χ4n) is 4.67. The highest BCUT2D eigenvalue weighted by Gasteiger charge is 2.49. The van der Waals surface area contributed by atoms with Crippen LogP contribution in [0.3, 0.4) is 0 Å². The molecule has 1 saturated carbocycles. The first-order chi connectivity index (χ1) is 16.5. The summed E-state index contributed by atoms with van der Waals surface area (Å²) >= 11 is 0. The molecule has 0 aromatic heterocycles. The summed E-state index contributed by atoms with van der Waals surface area (Å²) in [5.41, 5.74) is 1.40. The third kappa shape index (κ3) is 4.95. The Labute approximate surface area is 198 Å². The van der Waals surface area contributed by atoms with Crippen molar-refractivity contribution in [2.45, 2.75) is 57.5 Å². The number of imide groups is 1. The van der Waals surface area contributed by atoms with Crippen molar-refractivity contribution in [3.63, 3.8) is 0 Å². The van der Waals surface area contributed by atoms with E-state index < -0.39 is 12.0 Å². The van der Waals surface area contributed by atoms with Crippen LogP contribution in [-0.4, -0.2) is 47.4 Å². The van der Waals surface area contributed by atoms with Gasteiger partial charge in [0.15, 0.2) is 0 Å². The lowest BCUT2D eigenvalue weighted by molar-refractivity contribution is -0.125. The second kappa shape index (κ2) is 10.5. The molecule has 0 bridgehead atoms. The van der Waals surface area contributed by atoms with Crippen LogP contribution in [0.25, 0.3) is 0 Å². The monoisotopic (exact) mass is 463 g/mol. The summed E-state index contributed by atoms with van der Waals surface area (Å²) < 4.78 is 4.97. The summed E-state index contributed by atoms with van der Waals surface area (Å²) in [5, 5.41) is 2.78. The van der Waals surface area contributed by atoms with E-state index in [0.29, 0.717) is 16.9 Å². The Bertz CT molecular complexity index is 1050. The molecule has 1 heterocycles. The normalized spacial score (nSPS) is 18.8. The number of benzene rings is 2. The molecule has 2 aromatic carbocycles. The number of anilines is 2. The minimum atomic E-state index is -0.852. The predicted octanol–water partition coefficient (Wildman–Crippen LogP) is 4.36. The zero-order valence-corrected chi connectivity index (χ0v) is 19.2. The number of hydrogen-bond donors (Lipinski definition) is 1. The first-order valence-corrected chi connectivity index (χ1v) is 11.8. The van der Waals surface area contributed by atoms with Crippen LogP contribution in [0.15, 0.2) is 54.6 Å². The average molecular weight is 464 g/mol. The van der Waals surface area contributed by atoms with Gasteiger partial charge in [-0.3, -0.25) is 9.59 Å². The van der Waals surface area contributed by atoms with Gasteiger partial charge in [0.2, 0.25) is 5.91 Å². The smallest absolute Gasteiger partial charge is 0.338 e. The van der Waals surface area contributed by atoms with E-state index in [4.69, 9.17) is 4.74 Å². The van der Waals surface area contributed by atoms with Crippen molar-refractivity contribution in [3.8, 4) is 0 Å². The van der Waals surface area contributed by atoms with Crippen molar-refractivity contribution in [1.82, 2.24) is 4.90 Å². The number of nitrogens with zero attached hydrogens (tertiary/aromatic N) is 2. The molecule has 34 heavy (non-hydrogen) atoms. The van der Waals surface area contributed by atoms with E-state index in [1.165, 1.54) is 4.90 Å². The SMILES string of the molecule is CCOC(=O)c1ccc(NC(=O)C[C@@H]2C(=O)N(c3ccccc3)C(=O)N2C2CCCCC2)cc1. The molecule has 2 aromatic rings. The van der Waals surface area contributed by atoms with Crippen molar-refractivity contribution in [2.24, 2.45) is 0 Å². The van der Waals surface area contributed by atoms with Crippen molar-refractivity contribution in [3.05, 3.63) is 60.2 Å². The van der Waals surface area contributed by atoms with Crippen molar-refractivity contribution in [1.29, 1.82) is 0 Å². The molecule has 1 aliphatic carbocycles. The number of ether oxygens (including phenoxy) is 1. The van der Waals surface area contributed by atoms with Crippen LogP contribution in [0.2, 0.25) is 0 Å². The van der Waals surface area contributed by atoms with E-state index in [1.54, 1.807) is 60.4 Å². The van der Waals surface area contributed by atoms with Gasteiger partial charge in [0.1, 0.15) is 6.04 Å². The van der Waals surface area contributed by atoms with Gasteiger partial charge in [0, 0.05) is 11.7 Å². The summed E-state index contributed by atoms with van der Waals surface area (Å²) in [6, 6.07) is 13.9. The standard InChI is InChI=1S/C26H29N3O5/c1-2-34-25(32)18-13-15-19(16-14-18)27-23(30)17-22-24(31)29(21-11-7-4-8-12-21)26(33)28(22)20-9-5-3-6-10-20/h4,7-8,11-16,20,22H,2-3,5-6,9-10,17H2,1H3,(H,27,30)/t22-/m1/s1. The van der Waals surface area contributed by atoms with E-state index in [9.17, 15) is 19.2 Å². The second-order valence-electron chi connectivity index (χ2n) is 8.56. The third-order valence-corrected chi connectivity index (χ3v) is 6.29. The number of carbonyl (C=O) groups excluding carboxylic acids is 4. The van der Waals surface area contributed by atoms with Crippen LogP contribution in [-0.2, 0) is 14.3 Å². The summed E-state index contributed by atoms with van der Waals surface area (Å²) in [6.07, 6.45) is 4.63. The lowest BCUT2D eigenvalue weighted by atomic mass is 9.93. The Morgan fingerprint density at radius 2 is 1.65 bits per heavy atom. The number of urea groups is 1. The molecule has 178 valence electrons. The maximum absolute atomic E-state index is 13.4. The van der Waals surface area contributed by atoms with Gasteiger partial charge in [-0.25, -0.2) is 14.5 Å². The van der Waals surface area contributed by atoms with Crippen LogP contribution < -0.4 is 10.2 Å². The quantitative estimate of drug-likeness (QED) is 0.486. The molecule has 0 unspecified atom stereocenters. The molecule has 4 rings (SSSR count). The lowest BCUT2D eigenvalue weighted by Gasteiger charge is -2.33. The first kappa shape index (κ1) is 23.5. The van der Waals surface area contributed by atoms with E-state index in [-0.39, 0.29) is 36.9 Å². The van der Waals surface area contributed by atoms with Crippen molar-refractivity contribution in [2.75, 3.05) is 16.8 Å². The van der Waals surface area contributed by atoms with Gasteiger partial charge in [-0.05, 0) is 56.2 Å². The van der Waals surface area contributed by atoms with E-state index in [2.05, 4.69) is 5.32 Å².